The summed E-state index contributed by atoms with van der Waals surface area (Å²) in [5.74, 6) is 0.681. The van der Waals surface area contributed by atoms with Crippen molar-refractivity contribution in [3.8, 4) is 0 Å². The molecular weight excluding hydrogens is 400 g/mol. The molecule has 0 spiro atoms. The predicted octanol–water partition coefficient (Wildman–Crippen LogP) is 3.57. The summed E-state index contributed by atoms with van der Waals surface area (Å²) in [6.45, 7) is 7.48. The fourth-order valence-electron chi connectivity index (χ4n) is 4.51. The van der Waals surface area contributed by atoms with E-state index in [1.165, 1.54) is 17.5 Å². The van der Waals surface area contributed by atoms with Crippen molar-refractivity contribution >= 4 is 28.8 Å². The van der Waals surface area contributed by atoms with Gasteiger partial charge in [-0.15, -0.1) is 0 Å². The first-order valence-electron chi connectivity index (χ1n) is 10.2. The van der Waals surface area contributed by atoms with Crippen LogP contribution >= 0.6 is 0 Å². The zero-order valence-electron chi connectivity index (χ0n) is 17.8. The van der Waals surface area contributed by atoms with Gasteiger partial charge in [-0.25, -0.2) is 0 Å². The van der Waals surface area contributed by atoms with Crippen molar-refractivity contribution in [3.05, 3.63) is 60.7 Å². The van der Waals surface area contributed by atoms with Crippen molar-refractivity contribution in [1.29, 1.82) is 0 Å². The number of rotatable bonds is 8. The second kappa shape index (κ2) is 8.72. The van der Waals surface area contributed by atoms with E-state index in [4.69, 9.17) is 4.43 Å². The minimum absolute atomic E-state index is 0.0434. The van der Waals surface area contributed by atoms with E-state index in [9.17, 15) is 8.42 Å². The van der Waals surface area contributed by atoms with Crippen LogP contribution in [0.3, 0.4) is 0 Å². The van der Waals surface area contributed by atoms with E-state index < -0.39 is 18.4 Å². The maximum Gasteiger partial charge on any atom is 0.267 e. The molecule has 1 aliphatic carbocycles. The largest absolute Gasteiger partial charge is 0.407 e. The van der Waals surface area contributed by atoms with Gasteiger partial charge >= 0.3 is 0 Å². The summed E-state index contributed by atoms with van der Waals surface area (Å²) in [5, 5.41) is 2.51. The molecular formula is C23H32O4SSi. The van der Waals surface area contributed by atoms with Crippen LogP contribution < -0.4 is 10.4 Å². The normalized spacial score (nSPS) is 20.3. The van der Waals surface area contributed by atoms with Gasteiger partial charge in [0.15, 0.2) is 0 Å². The monoisotopic (exact) mass is 432 g/mol. The molecule has 0 radical (unpaired) electrons. The third-order valence-electron chi connectivity index (χ3n) is 5.98. The summed E-state index contributed by atoms with van der Waals surface area (Å²) in [5.41, 5.74) is 0. The number of hydrogen-bond acceptors (Lipinski definition) is 4. The predicted molar refractivity (Wildman–Crippen MR) is 121 cm³/mol. The van der Waals surface area contributed by atoms with E-state index >= 15 is 0 Å². The molecule has 0 N–H and O–H groups in total. The fourth-order valence-corrected chi connectivity index (χ4v) is 10.1. The first kappa shape index (κ1) is 22.2. The van der Waals surface area contributed by atoms with Gasteiger partial charge in [-0.3, -0.25) is 4.18 Å². The van der Waals surface area contributed by atoms with Crippen molar-refractivity contribution in [2.24, 2.45) is 11.8 Å². The summed E-state index contributed by atoms with van der Waals surface area (Å²) < 4.78 is 34.9. The van der Waals surface area contributed by atoms with Crippen molar-refractivity contribution in [2.45, 2.75) is 38.7 Å². The molecule has 0 saturated heterocycles. The Hall–Kier alpha value is -1.47. The second-order valence-electron chi connectivity index (χ2n) is 9.07. The molecule has 1 aliphatic rings. The molecule has 0 atom stereocenters. The van der Waals surface area contributed by atoms with E-state index in [1.54, 1.807) is 0 Å². The highest BCUT2D eigenvalue weighted by Gasteiger charge is 2.50. The highest BCUT2D eigenvalue weighted by Crippen LogP contribution is 2.40. The van der Waals surface area contributed by atoms with E-state index in [0.29, 0.717) is 12.5 Å². The van der Waals surface area contributed by atoms with Gasteiger partial charge < -0.3 is 4.43 Å². The minimum atomic E-state index is -3.39. The molecule has 0 unspecified atom stereocenters. The number of hydrogen-bond donors (Lipinski definition) is 0. The molecule has 0 bridgehead atoms. The van der Waals surface area contributed by atoms with Gasteiger partial charge in [0.1, 0.15) is 0 Å². The molecule has 3 rings (SSSR count). The van der Waals surface area contributed by atoms with Crippen LogP contribution in [0.1, 0.15) is 33.6 Å². The van der Waals surface area contributed by atoms with Gasteiger partial charge in [0.2, 0.25) is 0 Å². The zero-order chi connectivity index (χ0) is 21.1. The minimum Gasteiger partial charge on any atom is -0.407 e. The number of benzene rings is 2. The maximum atomic E-state index is 11.7. The van der Waals surface area contributed by atoms with Crippen molar-refractivity contribution in [3.63, 3.8) is 0 Å². The molecule has 2 aromatic carbocycles. The highest BCUT2D eigenvalue weighted by molar-refractivity contribution is 7.86. The lowest BCUT2D eigenvalue weighted by Crippen LogP contribution is -2.67. The molecule has 2 aromatic rings. The molecule has 0 aromatic heterocycles. The Morgan fingerprint density at radius 3 is 1.79 bits per heavy atom. The van der Waals surface area contributed by atoms with Gasteiger partial charge in [0, 0.05) is 6.61 Å². The van der Waals surface area contributed by atoms with Crippen LogP contribution in [0.2, 0.25) is 5.04 Å². The summed E-state index contributed by atoms with van der Waals surface area (Å²) in [6.07, 6.45) is 1.75. The van der Waals surface area contributed by atoms with E-state index in [1.807, 2.05) is 12.1 Å². The Morgan fingerprint density at radius 1 is 0.897 bits per heavy atom. The molecule has 0 heterocycles. The van der Waals surface area contributed by atoms with Crippen molar-refractivity contribution < 1.29 is 17.0 Å². The van der Waals surface area contributed by atoms with Crippen LogP contribution in [0.5, 0.6) is 0 Å². The fraction of sp³-hybridized carbons (Fsp3) is 0.478. The lowest BCUT2D eigenvalue weighted by Gasteiger charge is -2.45. The standard InChI is InChI=1S/C23H32O4SSi/c1-23(2,3)29(21-11-7-5-8-12-21,22-13-9-6-10-14-22)27-17-19-15-20(16-19)18-28(24,25)26-4/h5-14,19-20H,15-18H2,1-4H3. The quantitative estimate of drug-likeness (QED) is 0.473. The van der Waals surface area contributed by atoms with Gasteiger partial charge in [0.05, 0.1) is 12.9 Å². The van der Waals surface area contributed by atoms with Crippen molar-refractivity contribution in [1.82, 2.24) is 0 Å². The van der Waals surface area contributed by atoms with Crippen LogP contribution in [-0.2, 0) is 18.7 Å². The van der Waals surface area contributed by atoms with E-state index in [2.05, 4.69) is 73.5 Å². The molecule has 0 amide bonds. The second-order valence-corrected chi connectivity index (χ2v) is 15.2. The molecule has 1 saturated carbocycles. The summed E-state index contributed by atoms with van der Waals surface area (Å²) in [4.78, 5) is 0. The van der Waals surface area contributed by atoms with Crippen LogP contribution in [0, 0.1) is 11.8 Å². The third-order valence-corrected chi connectivity index (χ3v) is 12.4. The Balaban J connectivity index is 1.82. The molecule has 4 nitrogen and oxygen atoms in total. The molecule has 6 heteroatoms. The van der Waals surface area contributed by atoms with E-state index in [0.717, 1.165) is 12.8 Å². The van der Waals surface area contributed by atoms with Crippen molar-refractivity contribution in [2.75, 3.05) is 19.5 Å². The first-order valence-corrected chi connectivity index (χ1v) is 13.7. The van der Waals surface area contributed by atoms with Gasteiger partial charge in [-0.05, 0) is 40.1 Å². The molecule has 0 aliphatic heterocycles. The van der Waals surface area contributed by atoms with E-state index in [-0.39, 0.29) is 16.7 Å². The SMILES string of the molecule is COS(=O)(=O)CC1CC(CO[Si](c2ccccc2)(c2ccccc2)C(C)(C)C)C1. The third kappa shape index (κ3) is 4.82. The highest BCUT2D eigenvalue weighted by atomic mass is 32.2. The Bertz CT molecular complexity index is 846. The lowest BCUT2D eigenvalue weighted by molar-refractivity contribution is 0.125. The first-order chi connectivity index (χ1) is 13.7. The zero-order valence-corrected chi connectivity index (χ0v) is 19.6. The summed E-state index contributed by atoms with van der Waals surface area (Å²) >= 11 is 0. The van der Waals surface area contributed by atoms with Gasteiger partial charge in [0.25, 0.3) is 18.4 Å². The Labute approximate surface area is 176 Å². The molecule has 158 valence electrons. The molecule has 29 heavy (non-hydrogen) atoms. The maximum absolute atomic E-state index is 11.7. The smallest absolute Gasteiger partial charge is 0.267 e. The van der Waals surface area contributed by atoms with Crippen LogP contribution in [0.4, 0.5) is 0 Å². The topological polar surface area (TPSA) is 52.6 Å². The van der Waals surface area contributed by atoms with Gasteiger partial charge in [-0.2, -0.15) is 8.42 Å². The van der Waals surface area contributed by atoms with Gasteiger partial charge in [-0.1, -0.05) is 81.4 Å². The lowest BCUT2D eigenvalue weighted by atomic mass is 9.77. The Kier molecular flexibility index (Phi) is 6.68. The average Bonchev–Trinajstić information content (AvgIpc) is 2.66. The van der Waals surface area contributed by atoms with Crippen LogP contribution in [-0.4, -0.2) is 36.2 Å². The Morgan fingerprint density at radius 2 is 1.38 bits per heavy atom. The van der Waals surface area contributed by atoms with Crippen LogP contribution in [0.25, 0.3) is 0 Å². The molecule has 1 fully saturated rings. The average molecular weight is 433 g/mol. The summed E-state index contributed by atoms with van der Waals surface area (Å²) in [6, 6.07) is 21.2. The van der Waals surface area contributed by atoms with Crippen LogP contribution in [0.15, 0.2) is 60.7 Å². The summed E-state index contributed by atoms with van der Waals surface area (Å²) in [7, 11) is -4.67.